The van der Waals surface area contributed by atoms with E-state index in [-0.39, 0.29) is 27.8 Å². The Balaban J connectivity index is 2.46. The Morgan fingerprint density at radius 3 is 2.53 bits per heavy atom. The lowest BCUT2D eigenvalue weighted by Crippen LogP contribution is -2.49. The smallest absolute Gasteiger partial charge is 0.408 e. The van der Waals surface area contributed by atoms with Crippen LogP contribution in [-0.2, 0) is 0 Å². The summed E-state index contributed by atoms with van der Waals surface area (Å²) in [6.45, 7) is 9.25. The summed E-state index contributed by atoms with van der Waals surface area (Å²) in [6, 6.07) is 5.27. The third-order valence-corrected chi connectivity index (χ3v) is 5.37. The molecule has 0 aliphatic rings. The molecule has 0 aliphatic carbocycles. The average molecular weight is 461 g/mol. The number of aromatic nitrogens is 3. The first-order valence-corrected chi connectivity index (χ1v) is 10.6. The van der Waals surface area contributed by atoms with Crippen molar-refractivity contribution in [2.45, 2.75) is 52.6 Å². The standard InChI is InChI=1S/C23H26ClFN4O3/c1-13(2)9-18(29(22(31)32)23(3,4)5)20-27-17-8-6-7-16(24)19(17)21(30)28(20)15-10-14(25)11-26-12-15/h6-8,10-13,18H,9H2,1-5H3,(H,31,32)/t18-/m0/s1. The highest BCUT2D eigenvalue weighted by Crippen LogP contribution is 2.34. The topological polar surface area (TPSA) is 88.3 Å². The number of rotatable bonds is 5. The number of benzene rings is 1. The van der Waals surface area contributed by atoms with Gasteiger partial charge < -0.3 is 5.11 Å². The highest BCUT2D eigenvalue weighted by molar-refractivity contribution is 6.35. The van der Waals surface area contributed by atoms with E-state index in [0.29, 0.717) is 11.9 Å². The Morgan fingerprint density at radius 2 is 1.97 bits per heavy atom. The third-order valence-electron chi connectivity index (χ3n) is 5.05. The Labute approximate surface area is 190 Å². The molecule has 3 rings (SSSR count). The van der Waals surface area contributed by atoms with Gasteiger partial charge in [-0.05, 0) is 45.2 Å². The molecule has 1 aromatic carbocycles. The largest absolute Gasteiger partial charge is 0.465 e. The van der Waals surface area contributed by atoms with E-state index in [2.05, 4.69) is 4.98 Å². The molecule has 0 fully saturated rings. The fourth-order valence-electron chi connectivity index (χ4n) is 3.86. The van der Waals surface area contributed by atoms with Gasteiger partial charge in [-0.1, -0.05) is 31.5 Å². The maximum absolute atomic E-state index is 14.1. The summed E-state index contributed by atoms with van der Waals surface area (Å²) >= 11 is 6.31. The van der Waals surface area contributed by atoms with Crippen molar-refractivity contribution < 1.29 is 14.3 Å². The number of carbonyl (C=O) groups is 1. The first-order chi connectivity index (χ1) is 14.9. The van der Waals surface area contributed by atoms with Crippen LogP contribution < -0.4 is 5.56 Å². The van der Waals surface area contributed by atoms with Crippen LogP contribution in [0, 0.1) is 11.7 Å². The molecule has 0 saturated carbocycles. The van der Waals surface area contributed by atoms with Crippen molar-refractivity contribution in [1.29, 1.82) is 0 Å². The number of halogens is 2. The van der Waals surface area contributed by atoms with Crippen LogP contribution >= 0.6 is 11.6 Å². The average Bonchev–Trinajstić information content (AvgIpc) is 2.65. The van der Waals surface area contributed by atoms with E-state index >= 15 is 0 Å². The van der Waals surface area contributed by atoms with Gasteiger partial charge in [-0.3, -0.25) is 19.2 Å². The van der Waals surface area contributed by atoms with Gasteiger partial charge >= 0.3 is 6.09 Å². The van der Waals surface area contributed by atoms with E-state index < -0.39 is 29.1 Å². The van der Waals surface area contributed by atoms with E-state index in [9.17, 15) is 19.1 Å². The fourth-order valence-corrected chi connectivity index (χ4v) is 4.11. The van der Waals surface area contributed by atoms with E-state index in [1.54, 1.807) is 39.0 Å². The van der Waals surface area contributed by atoms with Crippen LogP contribution in [0.15, 0.2) is 41.5 Å². The molecule has 3 aromatic rings. The summed E-state index contributed by atoms with van der Waals surface area (Å²) in [4.78, 5) is 35.9. The van der Waals surface area contributed by atoms with Crippen LogP contribution in [0.4, 0.5) is 9.18 Å². The summed E-state index contributed by atoms with van der Waals surface area (Å²) in [6.07, 6.45) is 1.62. The van der Waals surface area contributed by atoms with Crippen molar-refractivity contribution >= 4 is 28.6 Å². The van der Waals surface area contributed by atoms with Crippen LogP contribution in [0.25, 0.3) is 16.6 Å². The molecule has 0 radical (unpaired) electrons. The van der Waals surface area contributed by atoms with Crippen LogP contribution in [0.2, 0.25) is 5.02 Å². The van der Waals surface area contributed by atoms with Gasteiger partial charge in [-0.15, -0.1) is 0 Å². The summed E-state index contributed by atoms with van der Waals surface area (Å²) in [7, 11) is 0. The number of hydrogen-bond acceptors (Lipinski definition) is 4. The zero-order valence-electron chi connectivity index (χ0n) is 18.6. The Bertz CT molecular complexity index is 1220. The van der Waals surface area contributed by atoms with Gasteiger partial charge in [0.15, 0.2) is 0 Å². The molecule has 0 spiro atoms. The van der Waals surface area contributed by atoms with E-state index in [0.717, 1.165) is 12.3 Å². The lowest BCUT2D eigenvalue weighted by Gasteiger charge is -2.40. The van der Waals surface area contributed by atoms with E-state index in [1.807, 2.05) is 13.8 Å². The number of fused-ring (bicyclic) bond motifs is 1. The zero-order valence-corrected chi connectivity index (χ0v) is 19.4. The molecule has 9 heteroatoms. The van der Waals surface area contributed by atoms with Crippen LogP contribution in [0.5, 0.6) is 0 Å². The van der Waals surface area contributed by atoms with Gasteiger partial charge in [-0.2, -0.15) is 0 Å². The van der Waals surface area contributed by atoms with Crippen molar-refractivity contribution in [1.82, 2.24) is 19.4 Å². The molecule has 1 amide bonds. The summed E-state index contributed by atoms with van der Waals surface area (Å²) < 4.78 is 15.3. The van der Waals surface area contributed by atoms with Crippen molar-refractivity contribution in [2.75, 3.05) is 0 Å². The second-order valence-electron chi connectivity index (χ2n) is 9.07. The highest BCUT2D eigenvalue weighted by Gasteiger charge is 2.37. The monoisotopic (exact) mass is 460 g/mol. The van der Waals surface area contributed by atoms with Gasteiger partial charge in [0, 0.05) is 11.6 Å². The number of nitrogens with zero attached hydrogens (tertiary/aromatic N) is 4. The van der Waals surface area contributed by atoms with E-state index in [1.165, 1.54) is 15.7 Å². The van der Waals surface area contributed by atoms with Crippen molar-refractivity contribution in [3.8, 4) is 5.69 Å². The quantitative estimate of drug-likeness (QED) is 0.547. The normalized spacial score (nSPS) is 12.9. The van der Waals surface area contributed by atoms with E-state index in [4.69, 9.17) is 16.6 Å². The van der Waals surface area contributed by atoms with Crippen molar-refractivity contribution in [3.05, 3.63) is 63.7 Å². The summed E-state index contributed by atoms with van der Waals surface area (Å²) in [5.41, 5.74) is -0.827. The van der Waals surface area contributed by atoms with Crippen LogP contribution in [0.1, 0.15) is 52.9 Å². The minimum Gasteiger partial charge on any atom is -0.465 e. The van der Waals surface area contributed by atoms with Gasteiger partial charge in [-0.25, -0.2) is 14.2 Å². The minimum absolute atomic E-state index is 0.0789. The minimum atomic E-state index is -1.15. The predicted octanol–water partition coefficient (Wildman–Crippen LogP) is 5.44. The first-order valence-electron chi connectivity index (χ1n) is 10.3. The SMILES string of the molecule is CC(C)C[C@@H](c1nc2cccc(Cl)c2c(=O)n1-c1cncc(F)c1)N(C(=O)O)C(C)(C)C. The molecule has 0 unspecified atom stereocenters. The lowest BCUT2D eigenvalue weighted by molar-refractivity contribution is 0.0586. The molecular formula is C23H26ClFN4O3. The summed E-state index contributed by atoms with van der Waals surface area (Å²) in [5.74, 6) is -0.371. The van der Waals surface area contributed by atoms with Gasteiger partial charge in [0.05, 0.1) is 40.0 Å². The molecule has 1 atom stereocenters. The molecule has 170 valence electrons. The molecule has 0 saturated heterocycles. The van der Waals surface area contributed by atoms with Crippen LogP contribution in [-0.4, -0.2) is 36.2 Å². The van der Waals surface area contributed by atoms with Crippen molar-refractivity contribution in [3.63, 3.8) is 0 Å². The molecule has 2 aromatic heterocycles. The molecule has 2 heterocycles. The third kappa shape index (κ3) is 4.60. The second kappa shape index (κ2) is 8.86. The Hall–Kier alpha value is -3.00. The zero-order chi connectivity index (χ0) is 23.8. The number of carboxylic acid groups (broad SMARTS) is 1. The molecule has 0 bridgehead atoms. The first kappa shape index (κ1) is 23.7. The highest BCUT2D eigenvalue weighted by atomic mass is 35.5. The molecular weight excluding hydrogens is 435 g/mol. The Kier molecular flexibility index (Phi) is 6.55. The number of pyridine rings is 1. The number of amides is 1. The maximum atomic E-state index is 14.1. The van der Waals surface area contributed by atoms with Crippen molar-refractivity contribution in [2.24, 2.45) is 5.92 Å². The molecule has 32 heavy (non-hydrogen) atoms. The van der Waals surface area contributed by atoms with Crippen LogP contribution in [0.3, 0.4) is 0 Å². The molecule has 0 aliphatic heterocycles. The van der Waals surface area contributed by atoms with Gasteiger partial charge in [0.25, 0.3) is 5.56 Å². The number of hydrogen-bond donors (Lipinski definition) is 1. The Morgan fingerprint density at radius 1 is 1.28 bits per heavy atom. The van der Waals surface area contributed by atoms with Gasteiger partial charge in [0.2, 0.25) is 0 Å². The van der Waals surface area contributed by atoms with Gasteiger partial charge in [0.1, 0.15) is 11.6 Å². The molecule has 1 N–H and O–H groups in total. The lowest BCUT2D eigenvalue weighted by atomic mass is 9.96. The second-order valence-corrected chi connectivity index (χ2v) is 9.48. The summed E-state index contributed by atoms with van der Waals surface area (Å²) in [5, 5.41) is 10.5. The maximum Gasteiger partial charge on any atom is 0.408 e. The fraction of sp³-hybridized carbons (Fsp3) is 0.391. The predicted molar refractivity (Wildman–Crippen MR) is 122 cm³/mol. The molecule has 7 nitrogen and oxygen atoms in total.